The highest BCUT2D eigenvalue weighted by Crippen LogP contribution is 2.34. The van der Waals surface area contributed by atoms with Crippen LogP contribution in [-0.4, -0.2) is 22.5 Å². The van der Waals surface area contributed by atoms with E-state index in [-0.39, 0.29) is 24.8 Å². The van der Waals surface area contributed by atoms with Gasteiger partial charge in [0.15, 0.2) is 11.5 Å². The van der Waals surface area contributed by atoms with Gasteiger partial charge in [-0.3, -0.25) is 9.59 Å². The van der Waals surface area contributed by atoms with Crippen molar-refractivity contribution in [2.24, 2.45) is 0 Å². The second kappa shape index (κ2) is 7.24. The molecule has 0 atom stereocenters. The second-order valence-corrected chi connectivity index (χ2v) is 6.75. The van der Waals surface area contributed by atoms with E-state index in [2.05, 4.69) is 26.3 Å². The quantitative estimate of drug-likeness (QED) is 0.691. The summed E-state index contributed by atoms with van der Waals surface area (Å²) in [5.74, 6) is 0.838. The number of halogens is 1. The molecule has 0 radical (unpaired) electrons. The number of ether oxygens (including phenoxy) is 2. The molecule has 8 heteroatoms. The minimum absolute atomic E-state index is 0.162. The summed E-state index contributed by atoms with van der Waals surface area (Å²) in [5, 5.41) is 7.03. The first-order chi connectivity index (χ1) is 13.1. The molecule has 0 fully saturated rings. The molecule has 0 unspecified atom stereocenters. The number of benzene rings is 2. The van der Waals surface area contributed by atoms with Crippen LogP contribution in [0.15, 0.2) is 63.9 Å². The van der Waals surface area contributed by atoms with E-state index in [1.165, 1.54) is 6.07 Å². The Bertz CT molecular complexity index is 1060. The predicted molar refractivity (Wildman–Crippen MR) is 103 cm³/mol. The van der Waals surface area contributed by atoms with Crippen molar-refractivity contribution in [3.05, 3.63) is 69.4 Å². The van der Waals surface area contributed by atoms with E-state index in [4.69, 9.17) is 9.47 Å². The van der Waals surface area contributed by atoms with E-state index in [1.54, 1.807) is 24.3 Å². The van der Waals surface area contributed by atoms with E-state index in [0.717, 1.165) is 14.7 Å². The molecule has 27 heavy (non-hydrogen) atoms. The first kappa shape index (κ1) is 17.3. The van der Waals surface area contributed by atoms with Crippen LogP contribution in [0.3, 0.4) is 0 Å². The maximum absolute atomic E-state index is 12.3. The zero-order chi connectivity index (χ0) is 18.8. The van der Waals surface area contributed by atoms with Gasteiger partial charge in [0.2, 0.25) is 12.7 Å². The van der Waals surface area contributed by atoms with Crippen LogP contribution in [0.25, 0.3) is 11.3 Å². The number of aromatic nitrogens is 2. The van der Waals surface area contributed by atoms with E-state index < -0.39 is 0 Å². The Balaban J connectivity index is 1.51. The maximum atomic E-state index is 12.3. The Morgan fingerprint density at radius 2 is 1.85 bits per heavy atom. The van der Waals surface area contributed by atoms with Gasteiger partial charge >= 0.3 is 0 Å². The van der Waals surface area contributed by atoms with Gasteiger partial charge in [0.25, 0.3) is 5.56 Å². The highest BCUT2D eigenvalue weighted by molar-refractivity contribution is 9.10. The summed E-state index contributed by atoms with van der Waals surface area (Å²) in [4.78, 5) is 24.4. The van der Waals surface area contributed by atoms with E-state index in [1.807, 2.05) is 24.3 Å². The minimum atomic E-state index is -0.364. The highest BCUT2D eigenvalue weighted by atomic mass is 79.9. The van der Waals surface area contributed by atoms with Gasteiger partial charge in [-0.2, -0.15) is 5.10 Å². The molecule has 7 nitrogen and oxygen atoms in total. The highest BCUT2D eigenvalue weighted by Gasteiger charge is 2.15. The third-order valence-electron chi connectivity index (χ3n) is 3.96. The lowest BCUT2D eigenvalue weighted by molar-refractivity contribution is -0.117. The fourth-order valence-electron chi connectivity index (χ4n) is 2.65. The molecule has 136 valence electrons. The van der Waals surface area contributed by atoms with Gasteiger partial charge in [-0.25, -0.2) is 4.68 Å². The van der Waals surface area contributed by atoms with E-state index >= 15 is 0 Å². The van der Waals surface area contributed by atoms with Crippen molar-refractivity contribution in [1.82, 2.24) is 9.78 Å². The monoisotopic (exact) mass is 427 g/mol. The van der Waals surface area contributed by atoms with Gasteiger partial charge < -0.3 is 14.8 Å². The Morgan fingerprint density at radius 3 is 2.67 bits per heavy atom. The summed E-state index contributed by atoms with van der Waals surface area (Å²) in [5.41, 5.74) is 1.67. The predicted octanol–water partition coefficient (Wildman–Crippen LogP) is 3.04. The first-order valence-corrected chi connectivity index (χ1v) is 8.91. The van der Waals surface area contributed by atoms with Crippen LogP contribution in [0, 0.1) is 0 Å². The van der Waals surface area contributed by atoms with Crippen LogP contribution in [-0.2, 0) is 11.3 Å². The summed E-state index contributed by atoms with van der Waals surface area (Å²) < 4.78 is 12.6. The average Bonchev–Trinajstić information content (AvgIpc) is 3.12. The Labute approximate surface area is 162 Å². The van der Waals surface area contributed by atoms with Gasteiger partial charge in [0.1, 0.15) is 6.54 Å². The third kappa shape index (κ3) is 3.85. The molecule has 1 aromatic heterocycles. The molecule has 1 aliphatic heterocycles. The Kier molecular flexibility index (Phi) is 4.64. The molecule has 4 rings (SSSR count). The summed E-state index contributed by atoms with van der Waals surface area (Å²) in [7, 11) is 0. The molecule has 1 aliphatic rings. The van der Waals surface area contributed by atoms with Crippen LogP contribution < -0.4 is 20.3 Å². The largest absolute Gasteiger partial charge is 0.454 e. The van der Waals surface area contributed by atoms with Crippen molar-refractivity contribution >= 4 is 27.5 Å². The number of nitrogens with one attached hydrogen (secondary N) is 1. The lowest BCUT2D eigenvalue weighted by Gasteiger charge is -2.09. The van der Waals surface area contributed by atoms with Crippen molar-refractivity contribution in [2.75, 3.05) is 12.1 Å². The van der Waals surface area contributed by atoms with Crippen molar-refractivity contribution in [3.63, 3.8) is 0 Å². The van der Waals surface area contributed by atoms with Crippen LogP contribution in [0.5, 0.6) is 11.5 Å². The smallest absolute Gasteiger partial charge is 0.267 e. The Hall–Kier alpha value is -3.13. The number of hydrogen-bond donors (Lipinski definition) is 1. The standard InChI is InChI=1S/C19H14BrN3O4/c20-13-3-1-12(2-4-13)15-6-8-19(25)23(22-15)10-18(24)21-14-5-7-16-17(9-14)27-11-26-16/h1-9H,10-11H2,(H,21,24). The van der Waals surface area contributed by atoms with Crippen molar-refractivity contribution in [2.45, 2.75) is 6.54 Å². The van der Waals surface area contributed by atoms with Gasteiger partial charge in [-0.15, -0.1) is 0 Å². The number of fused-ring (bicyclic) bond motifs is 1. The fourth-order valence-corrected chi connectivity index (χ4v) is 2.91. The zero-order valence-corrected chi connectivity index (χ0v) is 15.6. The molecule has 0 saturated heterocycles. The SMILES string of the molecule is O=C(Cn1nc(-c2ccc(Br)cc2)ccc1=O)Nc1ccc2c(c1)OCO2. The van der Waals surface area contributed by atoms with Crippen molar-refractivity contribution < 1.29 is 14.3 Å². The molecule has 2 aromatic carbocycles. The summed E-state index contributed by atoms with van der Waals surface area (Å²) in [6.45, 7) is -0.0352. The summed E-state index contributed by atoms with van der Waals surface area (Å²) >= 11 is 3.38. The van der Waals surface area contributed by atoms with Crippen LogP contribution in [0.4, 0.5) is 5.69 Å². The topological polar surface area (TPSA) is 82.5 Å². The van der Waals surface area contributed by atoms with Crippen LogP contribution in [0.1, 0.15) is 0 Å². The molecule has 0 spiro atoms. The van der Waals surface area contributed by atoms with E-state index in [0.29, 0.717) is 22.9 Å². The van der Waals surface area contributed by atoms with Crippen molar-refractivity contribution in [3.8, 4) is 22.8 Å². The molecule has 0 bridgehead atoms. The number of nitrogens with zero attached hydrogens (tertiary/aromatic N) is 2. The first-order valence-electron chi connectivity index (χ1n) is 8.12. The van der Waals surface area contributed by atoms with Crippen LogP contribution >= 0.6 is 15.9 Å². The van der Waals surface area contributed by atoms with E-state index in [9.17, 15) is 9.59 Å². The van der Waals surface area contributed by atoms with Crippen LogP contribution in [0.2, 0.25) is 0 Å². The number of hydrogen-bond acceptors (Lipinski definition) is 5. The minimum Gasteiger partial charge on any atom is -0.454 e. The fraction of sp³-hybridized carbons (Fsp3) is 0.105. The van der Waals surface area contributed by atoms with Crippen molar-refractivity contribution in [1.29, 1.82) is 0 Å². The molecular weight excluding hydrogens is 414 g/mol. The lowest BCUT2D eigenvalue weighted by Crippen LogP contribution is -2.29. The Morgan fingerprint density at radius 1 is 1.07 bits per heavy atom. The lowest BCUT2D eigenvalue weighted by atomic mass is 10.1. The number of amides is 1. The number of rotatable bonds is 4. The molecule has 0 saturated carbocycles. The normalized spacial score (nSPS) is 12.0. The molecular formula is C19H14BrN3O4. The summed E-state index contributed by atoms with van der Waals surface area (Å²) in [6.07, 6.45) is 0. The molecule has 3 aromatic rings. The van der Waals surface area contributed by atoms with Gasteiger partial charge in [-0.05, 0) is 30.3 Å². The van der Waals surface area contributed by atoms with Gasteiger partial charge in [0, 0.05) is 27.9 Å². The molecule has 1 amide bonds. The number of anilines is 1. The number of carbonyl (C=O) groups is 1. The second-order valence-electron chi connectivity index (χ2n) is 5.84. The average molecular weight is 428 g/mol. The molecule has 1 N–H and O–H groups in total. The van der Waals surface area contributed by atoms with Gasteiger partial charge in [-0.1, -0.05) is 28.1 Å². The molecule has 2 heterocycles. The molecule has 0 aliphatic carbocycles. The number of carbonyl (C=O) groups excluding carboxylic acids is 1. The third-order valence-corrected chi connectivity index (χ3v) is 4.48. The maximum Gasteiger partial charge on any atom is 0.267 e. The zero-order valence-electron chi connectivity index (χ0n) is 14.0. The summed E-state index contributed by atoms with van der Waals surface area (Å²) in [6, 6.07) is 15.7. The van der Waals surface area contributed by atoms with Gasteiger partial charge in [0.05, 0.1) is 5.69 Å².